The van der Waals surface area contributed by atoms with Crippen LogP contribution in [0.2, 0.25) is 0 Å². The van der Waals surface area contributed by atoms with Gasteiger partial charge in [-0.05, 0) is 25.5 Å². The van der Waals surface area contributed by atoms with Crippen molar-refractivity contribution in [3.05, 3.63) is 29.8 Å². The first-order valence-corrected chi connectivity index (χ1v) is 5.57. The summed E-state index contributed by atoms with van der Waals surface area (Å²) in [6.45, 7) is 2.00. The molecule has 0 aliphatic carbocycles. The van der Waals surface area contributed by atoms with Crippen molar-refractivity contribution in [2.75, 3.05) is 5.43 Å². The van der Waals surface area contributed by atoms with Gasteiger partial charge in [-0.1, -0.05) is 17.7 Å². The van der Waals surface area contributed by atoms with Crippen LogP contribution in [0.5, 0.6) is 0 Å². The highest BCUT2D eigenvalue weighted by Gasteiger charge is 2.26. The zero-order chi connectivity index (χ0) is 12.3. The number of carbonyl (C=O) groups excluding carboxylic acids is 2. The van der Waals surface area contributed by atoms with E-state index >= 15 is 0 Å². The first-order chi connectivity index (χ1) is 8.15. The summed E-state index contributed by atoms with van der Waals surface area (Å²) in [4.78, 5) is 22.6. The van der Waals surface area contributed by atoms with Crippen molar-refractivity contribution in [1.29, 1.82) is 0 Å². The Morgan fingerprint density at radius 1 is 1.35 bits per heavy atom. The molecule has 1 heterocycles. The van der Waals surface area contributed by atoms with Crippen molar-refractivity contribution in [1.82, 2.24) is 10.7 Å². The number of hydrogen-bond acceptors (Lipinski definition) is 3. The van der Waals surface area contributed by atoms with Crippen molar-refractivity contribution in [2.45, 2.75) is 25.8 Å². The molecule has 5 nitrogen and oxygen atoms in total. The van der Waals surface area contributed by atoms with Gasteiger partial charge >= 0.3 is 0 Å². The van der Waals surface area contributed by atoms with Crippen LogP contribution in [-0.4, -0.2) is 17.9 Å². The molecule has 0 saturated carbocycles. The van der Waals surface area contributed by atoms with Crippen molar-refractivity contribution < 1.29 is 9.59 Å². The molecule has 0 bridgehead atoms. The van der Waals surface area contributed by atoms with E-state index in [4.69, 9.17) is 0 Å². The number of nitrogens with one attached hydrogen (secondary N) is 3. The Hall–Kier alpha value is -2.04. The first-order valence-electron chi connectivity index (χ1n) is 5.57. The molecule has 0 spiro atoms. The van der Waals surface area contributed by atoms with Gasteiger partial charge in [0.05, 0.1) is 5.69 Å². The molecule has 1 aliphatic heterocycles. The number of anilines is 1. The molecule has 0 radical (unpaired) electrons. The molecular formula is C12H15N3O2. The van der Waals surface area contributed by atoms with Gasteiger partial charge in [-0.15, -0.1) is 0 Å². The molecule has 3 N–H and O–H groups in total. The van der Waals surface area contributed by atoms with Crippen LogP contribution in [0.4, 0.5) is 5.69 Å². The summed E-state index contributed by atoms with van der Waals surface area (Å²) >= 11 is 0. The topological polar surface area (TPSA) is 70.2 Å². The fraction of sp³-hybridized carbons (Fsp3) is 0.333. The Balaban J connectivity index is 1.84. The highest BCUT2D eigenvalue weighted by Crippen LogP contribution is 2.08. The van der Waals surface area contributed by atoms with Gasteiger partial charge in [-0.3, -0.25) is 20.4 Å². The predicted molar refractivity (Wildman–Crippen MR) is 64.1 cm³/mol. The normalized spacial score (nSPS) is 18.6. The molecule has 2 amide bonds. The van der Waals surface area contributed by atoms with Gasteiger partial charge in [0.25, 0.3) is 5.91 Å². The number of hydrogen-bond donors (Lipinski definition) is 3. The molecule has 1 atom stereocenters. The number of aryl methyl sites for hydroxylation is 1. The van der Waals surface area contributed by atoms with E-state index in [2.05, 4.69) is 16.2 Å². The lowest BCUT2D eigenvalue weighted by atomic mass is 10.2. The molecule has 90 valence electrons. The summed E-state index contributed by atoms with van der Waals surface area (Å²) in [5.74, 6) is -0.281. The second-order valence-corrected chi connectivity index (χ2v) is 4.14. The number of amides is 2. The van der Waals surface area contributed by atoms with Crippen LogP contribution in [0.15, 0.2) is 24.3 Å². The van der Waals surface area contributed by atoms with Crippen LogP contribution in [0.3, 0.4) is 0 Å². The van der Waals surface area contributed by atoms with E-state index in [-0.39, 0.29) is 11.8 Å². The van der Waals surface area contributed by atoms with E-state index in [1.165, 1.54) is 0 Å². The van der Waals surface area contributed by atoms with Crippen LogP contribution < -0.4 is 16.2 Å². The number of hydrazine groups is 1. The number of rotatable bonds is 3. The van der Waals surface area contributed by atoms with Crippen LogP contribution in [-0.2, 0) is 9.59 Å². The zero-order valence-electron chi connectivity index (χ0n) is 9.62. The fourth-order valence-corrected chi connectivity index (χ4v) is 1.67. The molecule has 17 heavy (non-hydrogen) atoms. The Morgan fingerprint density at radius 3 is 2.65 bits per heavy atom. The predicted octanol–water partition coefficient (Wildman–Crippen LogP) is 0.717. The van der Waals surface area contributed by atoms with Crippen LogP contribution in [0.25, 0.3) is 0 Å². The second-order valence-electron chi connectivity index (χ2n) is 4.14. The first kappa shape index (κ1) is 11.4. The Kier molecular flexibility index (Phi) is 3.27. The molecule has 2 rings (SSSR count). The maximum Gasteiger partial charge on any atom is 0.260 e. The SMILES string of the molecule is Cc1ccc(NNC(=O)C2CCC(=O)N2)cc1. The lowest BCUT2D eigenvalue weighted by molar-refractivity contribution is -0.125. The highest BCUT2D eigenvalue weighted by molar-refractivity contribution is 5.91. The second kappa shape index (κ2) is 4.86. The third-order valence-electron chi connectivity index (χ3n) is 2.69. The summed E-state index contributed by atoms with van der Waals surface area (Å²) in [6, 6.07) is 7.24. The smallest absolute Gasteiger partial charge is 0.260 e. The van der Waals surface area contributed by atoms with Gasteiger partial charge in [-0.2, -0.15) is 0 Å². The molecule has 1 unspecified atom stereocenters. The molecule has 0 aromatic heterocycles. The Morgan fingerprint density at radius 2 is 2.06 bits per heavy atom. The minimum absolute atomic E-state index is 0.0690. The monoisotopic (exact) mass is 233 g/mol. The van der Waals surface area contributed by atoms with E-state index in [1.54, 1.807) is 0 Å². The Labute approximate surface area is 99.6 Å². The fourth-order valence-electron chi connectivity index (χ4n) is 1.67. The third-order valence-corrected chi connectivity index (χ3v) is 2.69. The van der Waals surface area contributed by atoms with Gasteiger partial charge in [-0.25, -0.2) is 0 Å². The quantitative estimate of drug-likeness (QED) is 0.674. The summed E-state index contributed by atoms with van der Waals surface area (Å²) in [5, 5.41) is 2.61. The minimum Gasteiger partial charge on any atom is -0.344 e. The highest BCUT2D eigenvalue weighted by atomic mass is 16.2. The van der Waals surface area contributed by atoms with E-state index < -0.39 is 6.04 Å². The van der Waals surface area contributed by atoms with Gasteiger partial charge in [0.15, 0.2) is 0 Å². The van der Waals surface area contributed by atoms with Crippen LogP contribution >= 0.6 is 0 Å². The molecule has 1 aromatic rings. The van der Waals surface area contributed by atoms with E-state index in [9.17, 15) is 9.59 Å². The Bertz CT molecular complexity index is 428. The van der Waals surface area contributed by atoms with Gasteiger partial charge in [0.2, 0.25) is 5.91 Å². The van der Waals surface area contributed by atoms with Crippen molar-refractivity contribution in [3.63, 3.8) is 0 Å². The standard InChI is InChI=1S/C12H15N3O2/c1-8-2-4-9(5-3-8)14-15-12(17)10-6-7-11(16)13-10/h2-5,10,14H,6-7H2,1H3,(H,13,16)(H,15,17). The lowest BCUT2D eigenvalue weighted by Gasteiger charge is -2.12. The molecule has 1 fully saturated rings. The van der Waals surface area contributed by atoms with Gasteiger partial charge < -0.3 is 5.32 Å². The van der Waals surface area contributed by atoms with E-state index in [1.807, 2.05) is 31.2 Å². The van der Waals surface area contributed by atoms with Crippen molar-refractivity contribution in [2.24, 2.45) is 0 Å². The summed E-state index contributed by atoms with van der Waals surface area (Å²) in [6.07, 6.45) is 0.975. The molecule has 1 aliphatic rings. The molecular weight excluding hydrogens is 218 g/mol. The summed E-state index contributed by atoms with van der Waals surface area (Å²) in [5.41, 5.74) is 7.36. The summed E-state index contributed by atoms with van der Waals surface area (Å²) < 4.78 is 0. The largest absolute Gasteiger partial charge is 0.344 e. The summed E-state index contributed by atoms with van der Waals surface area (Å²) in [7, 11) is 0. The molecule has 1 saturated heterocycles. The van der Waals surface area contributed by atoms with Crippen molar-refractivity contribution in [3.8, 4) is 0 Å². The number of benzene rings is 1. The minimum atomic E-state index is -0.416. The van der Waals surface area contributed by atoms with Gasteiger partial charge in [0.1, 0.15) is 6.04 Å². The maximum absolute atomic E-state index is 11.6. The van der Waals surface area contributed by atoms with Gasteiger partial charge in [0, 0.05) is 6.42 Å². The molecule has 5 heteroatoms. The van der Waals surface area contributed by atoms with Crippen LogP contribution in [0, 0.1) is 6.92 Å². The maximum atomic E-state index is 11.6. The average Bonchev–Trinajstić information content (AvgIpc) is 2.75. The van der Waals surface area contributed by atoms with E-state index in [0.717, 1.165) is 11.3 Å². The van der Waals surface area contributed by atoms with Crippen LogP contribution in [0.1, 0.15) is 18.4 Å². The third kappa shape index (κ3) is 2.96. The zero-order valence-corrected chi connectivity index (χ0v) is 9.62. The number of carbonyl (C=O) groups is 2. The average molecular weight is 233 g/mol. The molecule has 1 aromatic carbocycles. The lowest BCUT2D eigenvalue weighted by Crippen LogP contribution is -2.43. The van der Waals surface area contributed by atoms with Crippen molar-refractivity contribution >= 4 is 17.5 Å². The van der Waals surface area contributed by atoms with E-state index in [0.29, 0.717) is 12.8 Å².